The lowest BCUT2D eigenvalue weighted by atomic mass is 9.97. The maximum Gasteiger partial charge on any atom is 0.246 e. The standard InChI is InChI=1S/C26H32N4O3/c1-2-20(27)24(31)28-21-15-13-19-14-16-22(30(19)26(21)33)25(32)29-23(17-9-5-3-6-10-17)18-11-7-4-8-12-18/h3-12,19-23H,2,13-16,27H2,1H3,(H,28,31)(H,29,32). The number of piperidine rings is 1. The highest BCUT2D eigenvalue weighted by atomic mass is 16.2. The summed E-state index contributed by atoms with van der Waals surface area (Å²) in [6.07, 6.45) is 3.26. The van der Waals surface area contributed by atoms with Crippen molar-refractivity contribution in [2.45, 2.75) is 69.2 Å². The third kappa shape index (κ3) is 4.93. The Morgan fingerprint density at radius 1 is 0.970 bits per heavy atom. The summed E-state index contributed by atoms with van der Waals surface area (Å²) in [5, 5.41) is 5.98. The summed E-state index contributed by atoms with van der Waals surface area (Å²) in [5.74, 6) is -0.667. The third-order valence-corrected chi connectivity index (χ3v) is 6.79. The second-order valence-corrected chi connectivity index (χ2v) is 8.91. The van der Waals surface area contributed by atoms with Crippen molar-refractivity contribution in [3.05, 3.63) is 71.8 Å². The highest BCUT2D eigenvalue weighted by Gasteiger charge is 2.46. The normalized spacial score (nSPS) is 23.2. The number of nitrogens with one attached hydrogen (secondary N) is 2. The van der Waals surface area contributed by atoms with E-state index in [4.69, 9.17) is 5.73 Å². The Morgan fingerprint density at radius 3 is 2.12 bits per heavy atom. The predicted molar refractivity (Wildman–Crippen MR) is 126 cm³/mol. The second-order valence-electron chi connectivity index (χ2n) is 8.91. The van der Waals surface area contributed by atoms with Gasteiger partial charge in [0, 0.05) is 6.04 Å². The SMILES string of the molecule is CCC(N)C(=O)NC1CCC2CCC(C(=O)NC(c3ccccc3)c3ccccc3)N2C1=O. The molecule has 2 saturated heterocycles. The van der Waals surface area contributed by atoms with Crippen LogP contribution in [0.1, 0.15) is 56.2 Å². The number of amides is 3. The van der Waals surface area contributed by atoms with Gasteiger partial charge in [-0.25, -0.2) is 0 Å². The molecule has 0 saturated carbocycles. The summed E-state index contributed by atoms with van der Waals surface area (Å²) in [6, 6.07) is 17.6. The van der Waals surface area contributed by atoms with Gasteiger partial charge in [0.05, 0.1) is 12.1 Å². The highest BCUT2D eigenvalue weighted by Crippen LogP contribution is 2.33. The van der Waals surface area contributed by atoms with Crippen molar-refractivity contribution in [3.63, 3.8) is 0 Å². The Hall–Kier alpha value is -3.19. The molecule has 0 radical (unpaired) electrons. The third-order valence-electron chi connectivity index (χ3n) is 6.79. The van der Waals surface area contributed by atoms with E-state index < -0.39 is 18.1 Å². The molecule has 4 N–H and O–H groups in total. The molecule has 2 aromatic carbocycles. The summed E-state index contributed by atoms with van der Waals surface area (Å²) in [5.41, 5.74) is 7.79. The molecule has 174 valence electrons. The topological polar surface area (TPSA) is 105 Å². The van der Waals surface area contributed by atoms with Crippen LogP contribution in [0, 0.1) is 0 Å². The number of nitrogens with zero attached hydrogens (tertiary/aromatic N) is 1. The summed E-state index contributed by atoms with van der Waals surface area (Å²) >= 11 is 0. The van der Waals surface area contributed by atoms with Gasteiger partial charge in [-0.05, 0) is 43.2 Å². The number of carbonyl (C=O) groups excluding carboxylic acids is 3. The minimum atomic E-state index is -0.634. The van der Waals surface area contributed by atoms with Gasteiger partial charge in [-0.1, -0.05) is 67.6 Å². The molecule has 0 spiro atoms. The summed E-state index contributed by atoms with van der Waals surface area (Å²) in [7, 11) is 0. The minimum Gasteiger partial charge on any atom is -0.343 e. The number of fused-ring (bicyclic) bond motifs is 1. The minimum absolute atomic E-state index is 0.0353. The lowest BCUT2D eigenvalue weighted by Gasteiger charge is -2.38. The number of hydrogen-bond acceptors (Lipinski definition) is 4. The van der Waals surface area contributed by atoms with Crippen LogP contribution in [0.5, 0.6) is 0 Å². The van der Waals surface area contributed by atoms with Crippen molar-refractivity contribution >= 4 is 17.7 Å². The Balaban J connectivity index is 1.51. The van der Waals surface area contributed by atoms with Gasteiger partial charge in [-0.3, -0.25) is 14.4 Å². The molecule has 4 rings (SSSR count). The zero-order valence-electron chi connectivity index (χ0n) is 18.9. The van der Waals surface area contributed by atoms with E-state index in [1.54, 1.807) is 4.90 Å². The van der Waals surface area contributed by atoms with Crippen LogP contribution in [0.25, 0.3) is 0 Å². The molecular formula is C26H32N4O3. The maximum atomic E-state index is 13.5. The number of benzene rings is 2. The molecule has 33 heavy (non-hydrogen) atoms. The zero-order chi connectivity index (χ0) is 23.4. The van der Waals surface area contributed by atoms with Gasteiger partial charge >= 0.3 is 0 Å². The van der Waals surface area contributed by atoms with Gasteiger partial charge in [0.2, 0.25) is 17.7 Å². The van der Waals surface area contributed by atoms with E-state index in [1.165, 1.54) is 0 Å². The maximum absolute atomic E-state index is 13.5. The predicted octanol–water partition coefficient (Wildman–Crippen LogP) is 2.27. The molecule has 0 aliphatic carbocycles. The molecule has 7 heteroatoms. The van der Waals surface area contributed by atoms with Crippen molar-refractivity contribution in [2.24, 2.45) is 5.73 Å². The first-order chi connectivity index (χ1) is 16.0. The first-order valence-electron chi connectivity index (χ1n) is 11.8. The summed E-state index contributed by atoms with van der Waals surface area (Å²) in [4.78, 5) is 40.7. The van der Waals surface area contributed by atoms with Gasteiger partial charge in [0.15, 0.2) is 0 Å². The number of rotatable bonds is 7. The molecule has 0 aromatic heterocycles. The molecular weight excluding hydrogens is 416 g/mol. The monoisotopic (exact) mass is 448 g/mol. The Kier molecular flexibility index (Phi) is 7.08. The van der Waals surface area contributed by atoms with Crippen LogP contribution in [0.2, 0.25) is 0 Å². The average Bonchev–Trinajstić information content (AvgIpc) is 3.29. The van der Waals surface area contributed by atoms with Crippen LogP contribution in [0.3, 0.4) is 0 Å². The fraction of sp³-hybridized carbons (Fsp3) is 0.423. The summed E-state index contributed by atoms with van der Waals surface area (Å²) in [6.45, 7) is 1.83. The quantitative estimate of drug-likeness (QED) is 0.604. The van der Waals surface area contributed by atoms with Crippen LogP contribution in [0.15, 0.2) is 60.7 Å². The fourth-order valence-corrected chi connectivity index (χ4v) is 4.91. The number of carbonyl (C=O) groups is 3. The lowest BCUT2D eigenvalue weighted by Crippen LogP contribution is -2.60. The van der Waals surface area contributed by atoms with E-state index in [1.807, 2.05) is 67.6 Å². The number of nitrogens with two attached hydrogens (primary N) is 1. The molecule has 7 nitrogen and oxygen atoms in total. The van der Waals surface area contributed by atoms with E-state index >= 15 is 0 Å². The molecule has 3 amide bonds. The summed E-state index contributed by atoms with van der Waals surface area (Å²) < 4.78 is 0. The molecule has 2 aliphatic rings. The fourth-order valence-electron chi connectivity index (χ4n) is 4.91. The number of hydrogen-bond donors (Lipinski definition) is 3. The average molecular weight is 449 g/mol. The van der Waals surface area contributed by atoms with E-state index in [9.17, 15) is 14.4 Å². The lowest BCUT2D eigenvalue weighted by molar-refractivity contribution is -0.146. The van der Waals surface area contributed by atoms with E-state index in [0.717, 1.165) is 24.0 Å². The van der Waals surface area contributed by atoms with Crippen molar-refractivity contribution < 1.29 is 14.4 Å². The van der Waals surface area contributed by atoms with Crippen molar-refractivity contribution in [1.82, 2.24) is 15.5 Å². The van der Waals surface area contributed by atoms with Crippen LogP contribution in [0.4, 0.5) is 0 Å². The molecule has 0 bridgehead atoms. The van der Waals surface area contributed by atoms with Crippen molar-refractivity contribution in [2.75, 3.05) is 0 Å². The molecule has 4 unspecified atom stereocenters. The van der Waals surface area contributed by atoms with Crippen LogP contribution in [-0.4, -0.2) is 46.8 Å². The Morgan fingerprint density at radius 2 is 1.55 bits per heavy atom. The molecule has 2 aliphatic heterocycles. The van der Waals surface area contributed by atoms with E-state index in [-0.39, 0.29) is 29.8 Å². The second kappa shape index (κ2) is 10.2. The first-order valence-corrected chi connectivity index (χ1v) is 11.8. The highest BCUT2D eigenvalue weighted by molar-refractivity contribution is 5.94. The van der Waals surface area contributed by atoms with Crippen LogP contribution in [-0.2, 0) is 14.4 Å². The van der Waals surface area contributed by atoms with Gasteiger partial charge < -0.3 is 21.3 Å². The van der Waals surface area contributed by atoms with Gasteiger partial charge in [0.25, 0.3) is 0 Å². The van der Waals surface area contributed by atoms with E-state index in [0.29, 0.717) is 19.3 Å². The molecule has 2 heterocycles. The molecule has 4 atom stereocenters. The van der Waals surface area contributed by atoms with Crippen LogP contribution < -0.4 is 16.4 Å². The van der Waals surface area contributed by atoms with Crippen LogP contribution >= 0.6 is 0 Å². The first kappa shape index (κ1) is 23.0. The van der Waals surface area contributed by atoms with Crippen molar-refractivity contribution in [3.8, 4) is 0 Å². The van der Waals surface area contributed by atoms with Gasteiger partial charge in [0.1, 0.15) is 12.1 Å². The molecule has 2 aromatic rings. The largest absolute Gasteiger partial charge is 0.343 e. The van der Waals surface area contributed by atoms with Gasteiger partial charge in [-0.2, -0.15) is 0 Å². The zero-order valence-corrected chi connectivity index (χ0v) is 18.9. The van der Waals surface area contributed by atoms with Crippen molar-refractivity contribution in [1.29, 1.82) is 0 Å². The smallest absolute Gasteiger partial charge is 0.246 e. The Labute approximate surface area is 194 Å². The Bertz CT molecular complexity index is 942. The molecule has 2 fully saturated rings. The van der Waals surface area contributed by atoms with Gasteiger partial charge in [-0.15, -0.1) is 0 Å². The van der Waals surface area contributed by atoms with E-state index in [2.05, 4.69) is 10.6 Å².